The predicted octanol–water partition coefficient (Wildman–Crippen LogP) is 1.36. The van der Waals surface area contributed by atoms with Crippen molar-refractivity contribution in [3.05, 3.63) is 9.98 Å². The second kappa shape index (κ2) is 5.73. The first-order chi connectivity index (χ1) is 8.88. The SMILES string of the molecule is O=C(O)C1CCN(S(=O)(=O)Nc2ncc(Br)s2)CC1. The highest BCUT2D eigenvalue weighted by Gasteiger charge is 2.31. The number of piperidine rings is 1. The third kappa shape index (κ3) is 3.65. The first kappa shape index (κ1) is 14.7. The molecule has 106 valence electrons. The van der Waals surface area contributed by atoms with E-state index in [0.29, 0.717) is 12.8 Å². The minimum atomic E-state index is -3.65. The lowest BCUT2D eigenvalue weighted by Gasteiger charge is -2.28. The number of carbonyl (C=O) groups is 1. The lowest BCUT2D eigenvalue weighted by atomic mass is 9.99. The van der Waals surface area contributed by atoms with Crippen molar-refractivity contribution in [2.75, 3.05) is 17.8 Å². The quantitative estimate of drug-likeness (QED) is 0.834. The number of nitrogens with zero attached hydrogens (tertiary/aromatic N) is 2. The first-order valence-corrected chi connectivity index (χ1v) is 8.55. The monoisotopic (exact) mass is 369 g/mol. The summed E-state index contributed by atoms with van der Waals surface area (Å²) in [5, 5.41) is 9.15. The molecule has 2 heterocycles. The summed E-state index contributed by atoms with van der Waals surface area (Å²) in [6.07, 6.45) is 2.18. The van der Waals surface area contributed by atoms with E-state index in [9.17, 15) is 13.2 Å². The normalized spacial score (nSPS) is 18.4. The van der Waals surface area contributed by atoms with Crippen molar-refractivity contribution in [3.63, 3.8) is 0 Å². The van der Waals surface area contributed by atoms with Gasteiger partial charge in [0.25, 0.3) is 0 Å². The second-order valence-corrected chi connectivity index (χ2v) is 8.17. The summed E-state index contributed by atoms with van der Waals surface area (Å²) in [4.78, 5) is 14.7. The number of hydrogen-bond acceptors (Lipinski definition) is 5. The Kier molecular flexibility index (Phi) is 4.43. The number of carboxylic acid groups (broad SMARTS) is 1. The number of aromatic nitrogens is 1. The van der Waals surface area contributed by atoms with Crippen molar-refractivity contribution in [3.8, 4) is 0 Å². The van der Waals surface area contributed by atoms with Crippen molar-refractivity contribution in [1.82, 2.24) is 9.29 Å². The molecule has 1 aromatic heterocycles. The number of hydrogen-bond donors (Lipinski definition) is 2. The van der Waals surface area contributed by atoms with Gasteiger partial charge in [0.05, 0.1) is 15.9 Å². The molecule has 0 atom stereocenters. The van der Waals surface area contributed by atoms with E-state index < -0.39 is 22.1 Å². The zero-order valence-electron chi connectivity index (χ0n) is 9.74. The molecule has 1 aliphatic rings. The van der Waals surface area contributed by atoms with Gasteiger partial charge in [0.1, 0.15) is 0 Å². The van der Waals surface area contributed by atoms with Crippen LogP contribution in [0.3, 0.4) is 0 Å². The molecular weight excluding hydrogens is 358 g/mol. The molecule has 0 amide bonds. The lowest BCUT2D eigenvalue weighted by Crippen LogP contribution is -2.42. The Morgan fingerprint density at radius 2 is 2.16 bits per heavy atom. The average Bonchev–Trinajstić information content (AvgIpc) is 2.74. The van der Waals surface area contributed by atoms with Gasteiger partial charge in [-0.3, -0.25) is 4.79 Å². The second-order valence-electron chi connectivity index (χ2n) is 4.09. The van der Waals surface area contributed by atoms with Crippen LogP contribution in [0, 0.1) is 5.92 Å². The van der Waals surface area contributed by atoms with Crippen molar-refractivity contribution in [2.24, 2.45) is 5.92 Å². The fourth-order valence-electron chi connectivity index (χ4n) is 1.82. The van der Waals surface area contributed by atoms with Gasteiger partial charge in [-0.25, -0.2) is 9.71 Å². The van der Waals surface area contributed by atoms with Gasteiger partial charge < -0.3 is 5.11 Å². The van der Waals surface area contributed by atoms with E-state index in [1.807, 2.05) is 0 Å². The maximum Gasteiger partial charge on any atom is 0.306 e. The van der Waals surface area contributed by atoms with Crippen LogP contribution in [-0.2, 0) is 15.0 Å². The molecule has 1 saturated heterocycles. The number of carboxylic acids is 1. The van der Waals surface area contributed by atoms with E-state index in [0.717, 1.165) is 3.79 Å². The summed E-state index contributed by atoms with van der Waals surface area (Å²) >= 11 is 4.38. The van der Waals surface area contributed by atoms with Gasteiger partial charge in [-0.15, -0.1) is 0 Å². The number of rotatable bonds is 4. The Hall–Kier alpha value is -0.710. The Labute approximate surface area is 123 Å². The summed E-state index contributed by atoms with van der Waals surface area (Å²) in [7, 11) is -3.65. The standard InChI is InChI=1S/C9H12BrN3O4S2/c10-7-5-11-9(18-7)12-19(16,17)13-3-1-6(2-4-13)8(14)15/h5-6H,1-4H2,(H,11,12)(H,14,15). The molecule has 19 heavy (non-hydrogen) atoms. The molecule has 0 radical (unpaired) electrons. The molecule has 10 heteroatoms. The van der Waals surface area contributed by atoms with Gasteiger partial charge in [0, 0.05) is 13.1 Å². The number of aliphatic carboxylic acids is 1. The van der Waals surface area contributed by atoms with Gasteiger partial charge >= 0.3 is 16.2 Å². The highest BCUT2D eigenvalue weighted by molar-refractivity contribution is 9.11. The number of thiazole rings is 1. The van der Waals surface area contributed by atoms with Gasteiger partial charge in [0.2, 0.25) is 0 Å². The largest absolute Gasteiger partial charge is 0.481 e. The van der Waals surface area contributed by atoms with Crippen molar-refractivity contribution < 1.29 is 18.3 Å². The fourth-order valence-corrected chi connectivity index (χ4v) is 4.35. The maximum absolute atomic E-state index is 12.1. The molecule has 1 aliphatic heterocycles. The van der Waals surface area contributed by atoms with Crippen molar-refractivity contribution in [2.45, 2.75) is 12.8 Å². The highest BCUT2D eigenvalue weighted by atomic mass is 79.9. The smallest absolute Gasteiger partial charge is 0.306 e. The Bertz CT molecular complexity index is 566. The molecule has 0 saturated carbocycles. The van der Waals surface area contributed by atoms with Gasteiger partial charge in [-0.1, -0.05) is 11.3 Å². The topological polar surface area (TPSA) is 99.6 Å². The molecule has 2 N–H and O–H groups in total. The molecule has 0 spiro atoms. The van der Waals surface area contributed by atoms with E-state index in [1.165, 1.54) is 21.8 Å². The molecule has 1 aromatic rings. The summed E-state index contributed by atoms with van der Waals surface area (Å²) in [5.41, 5.74) is 0. The first-order valence-electron chi connectivity index (χ1n) is 5.50. The Morgan fingerprint density at radius 3 is 2.63 bits per heavy atom. The van der Waals surface area contributed by atoms with E-state index in [-0.39, 0.29) is 18.2 Å². The van der Waals surface area contributed by atoms with E-state index in [4.69, 9.17) is 5.11 Å². The molecule has 2 rings (SSSR count). The van der Waals surface area contributed by atoms with E-state index >= 15 is 0 Å². The highest BCUT2D eigenvalue weighted by Crippen LogP contribution is 2.26. The number of anilines is 1. The fraction of sp³-hybridized carbons (Fsp3) is 0.556. The van der Waals surface area contributed by atoms with Crippen LogP contribution in [0.15, 0.2) is 9.98 Å². The third-order valence-corrected chi connectivity index (χ3v) is 5.85. The minimum absolute atomic E-state index is 0.207. The molecule has 0 unspecified atom stereocenters. The van der Waals surface area contributed by atoms with Crippen LogP contribution in [0.5, 0.6) is 0 Å². The molecule has 0 aromatic carbocycles. The number of nitrogens with one attached hydrogen (secondary N) is 1. The van der Waals surface area contributed by atoms with Gasteiger partial charge in [-0.2, -0.15) is 12.7 Å². The maximum atomic E-state index is 12.1. The Morgan fingerprint density at radius 1 is 1.53 bits per heavy atom. The molecular formula is C9H12BrN3O4S2. The molecule has 1 fully saturated rings. The van der Waals surface area contributed by atoms with Crippen LogP contribution < -0.4 is 4.72 Å². The van der Waals surface area contributed by atoms with Gasteiger partial charge in [0.15, 0.2) is 5.13 Å². The van der Waals surface area contributed by atoms with Crippen LogP contribution in [0.4, 0.5) is 5.13 Å². The summed E-state index contributed by atoms with van der Waals surface area (Å²) < 4.78 is 28.5. The van der Waals surface area contributed by atoms with E-state index in [1.54, 1.807) is 0 Å². The Balaban J connectivity index is 1.99. The third-order valence-electron chi connectivity index (χ3n) is 2.84. The van der Waals surface area contributed by atoms with Crippen LogP contribution in [0.2, 0.25) is 0 Å². The van der Waals surface area contributed by atoms with Crippen LogP contribution in [0.25, 0.3) is 0 Å². The van der Waals surface area contributed by atoms with Crippen LogP contribution in [-0.4, -0.2) is 41.9 Å². The zero-order chi connectivity index (χ0) is 14.0. The van der Waals surface area contributed by atoms with Crippen LogP contribution >= 0.6 is 27.3 Å². The summed E-state index contributed by atoms with van der Waals surface area (Å²) in [5.74, 6) is -1.32. The molecule has 7 nitrogen and oxygen atoms in total. The van der Waals surface area contributed by atoms with Crippen LogP contribution in [0.1, 0.15) is 12.8 Å². The minimum Gasteiger partial charge on any atom is -0.481 e. The lowest BCUT2D eigenvalue weighted by molar-refractivity contribution is -0.142. The van der Waals surface area contributed by atoms with Crippen molar-refractivity contribution >= 4 is 48.6 Å². The molecule has 0 aliphatic carbocycles. The predicted molar refractivity (Wildman–Crippen MR) is 74.3 cm³/mol. The summed E-state index contributed by atoms with van der Waals surface area (Å²) in [6.45, 7) is 0.414. The zero-order valence-corrected chi connectivity index (χ0v) is 13.0. The van der Waals surface area contributed by atoms with E-state index in [2.05, 4.69) is 25.6 Å². The van der Waals surface area contributed by atoms with Gasteiger partial charge in [-0.05, 0) is 28.8 Å². The van der Waals surface area contributed by atoms with Crippen molar-refractivity contribution in [1.29, 1.82) is 0 Å². The average molecular weight is 370 g/mol. The molecule has 0 bridgehead atoms. The number of halogens is 1. The summed E-state index contributed by atoms with van der Waals surface area (Å²) in [6, 6.07) is 0.